The average Bonchev–Trinajstić information content (AvgIpc) is 2.48. The van der Waals surface area contributed by atoms with Crippen LogP contribution in [0.2, 0.25) is 0 Å². The van der Waals surface area contributed by atoms with Gasteiger partial charge >= 0.3 is 0 Å². The zero-order valence-corrected chi connectivity index (χ0v) is 12.5. The summed E-state index contributed by atoms with van der Waals surface area (Å²) in [6, 6.07) is 13.6. The van der Waals surface area contributed by atoms with E-state index in [1.54, 1.807) is 30.3 Å². The molecule has 0 aliphatic carbocycles. The van der Waals surface area contributed by atoms with E-state index >= 15 is 0 Å². The van der Waals surface area contributed by atoms with E-state index in [2.05, 4.69) is 15.2 Å². The summed E-state index contributed by atoms with van der Waals surface area (Å²) in [6.07, 6.45) is 0. The number of para-hydroxylation sites is 1. The van der Waals surface area contributed by atoms with Crippen molar-refractivity contribution < 1.29 is 13.2 Å². The molecule has 0 fully saturated rings. The van der Waals surface area contributed by atoms with Gasteiger partial charge in [-0.05, 0) is 31.2 Å². The first-order valence-electron chi connectivity index (χ1n) is 6.54. The second-order valence-electron chi connectivity index (χ2n) is 4.87. The maximum atomic E-state index is 12.3. The predicted octanol–water partition coefficient (Wildman–Crippen LogP) is 2.36. The fraction of sp³-hybridized carbons (Fsp3) is 0.0667. The van der Waals surface area contributed by atoms with Crippen molar-refractivity contribution in [3.8, 4) is 0 Å². The summed E-state index contributed by atoms with van der Waals surface area (Å²) < 4.78 is 26.6. The Balaban J connectivity index is 1.97. The van der Waals surface area contributed by atoms with Gasteiger partial charge in [-0.25, -0.2) is 0 Å². The Bertz CT molecular complexity index is 871. The molecule has 1 heterocycles. The number of aryl methyl sites for hydroxylation is 1. The number of rotatable bonds is 2. The Morgan fingerprint density at radius 3 is 2.45 bits per heavy atom. The normalized spacial score (nSPS) is 17.7. The molecule has 0 saturated carbocycles. The van der Waals surface area contributed by atoms with Crippen LogP contribution >= 0.6 is 0 Å². The first kappa shape index (κ1) is 14.3. The van der Waals surface area contributed by atoms with Gasteiger partial charge < -0.3 is 0 Å². The van der Waals surface area contributed by atoms with Crippen LogP contribution in [0.15, 0.2) is 53.6 Å². The van der Waals surface area contributed by atoms with Gasteiger partial charge in [0, 0.05) is 5.56 Å². The van der Waals surface area contributed by atoms with E-state index in [-0.39, 0.29) is 11.3 Å². The number of anilines is 2. The van der Waals surface area contributed by atoms with Crippen LogP contribution in [-0.4, -0.2) is 19.2 Å². The first-order valence-corrected chi connectivity index (χ1v) is 8.02. The fourth-order valence-electron chi connectivity index (χ4n) is 2.05. The SMILES string of the molecule is Cc1ccc(N/N=C2\C(=O)c3ccccc3NS2(=O)=O)cc1. The van der Waals surface area contributed by atoms with E-state index in [0.29, 0.717) is 5.69 Å². The number of hydrogen-bond donors (Lipinski definition) is 2. The van der Waals surface area contributed by atoms with E-state index in [1.807, 2.05) is 19.1 Å². The molecule has 0 saturated heterocycles. The zero-order valence-electron chi connectivity index (χ0n) is 11.7. The van der Waals surface area contributed by atoms with E-state index in [0.717, 1.165) is 5.56 Å². The van der Waals surface area contributed by atoms with Gasteiger partial charge in [-0.2, -0.15) is 13.5 Å². The number of nitrogens with one attached hydrogen (secondary N) is 2. The lowest BCUT2D eigenvalue weighted by Gasteiger charge is -2.18. The molecule has 0 aromatic heterocycles. The summed E-state index contributed by atoms with van der Waals surface area (Å²) in [5.41, 5.74) is 4.81. The molecular weight excluding hydrogens is 302 g/mol. The lowest BCUT2D eigenvalue weighted by atomic mass is 10.1. The van der Waals surface area contributed by atoms with Gasteiger partial charge in [0.05, 0.1) is 11.4 Å². The van der Waals surface area contributed by atoms with Crippen molar-refractivity contribution in [2.45, 2.75) is 6.92 Å². The lowest BCUT2D eigenvalue weighted by Crippen LogP contribution is -2.36. The molecule has 6 nitrogen and oxygen atoms in total. The molecule has 22 heavy (non-hydrogen) atoms. The third kappa shape index (κ3) is 2.58. The van der Waals surface area contributed by atoms with Crippen LogP contribution in [0.4, 0.5) is 11.4 Å². The highest BCUT2D eigenvalue weighted by Crippen LogP contribution is 2.24. The largest absolute Gasteiger partial charge is 0.286 e. The molecule has 7 heteroatoms. The van der Waals surface area contributed by atoms with E-state index in [9.17, 15) is 13.2 Å². The molecule has 112 valence electrons. The smallest absolute Gasteiger partial charge is 0.285 e. The summed E-state index contributed by atoms with van der Waals surface area (Å²) in [7, 11) is -3.98. The monoisotopic (exact) mass is 315 g/mol. The minimum absolute atomic E-state index is 0.266. The van der Waals surface area contributed by atoms with E-state index in [1.165, 1.54) is 6.07 Å². The van der Waals surface area contributed by atoms with Crippen molar-refractivity contribution >= 4 is 32.2 Å². The minimum Gasteiger partial charge on any atom is -0.286 e. The summed E-state index contributed by atoms with van der Waals surface area (Å²) >= 11 is 0. The Morgan fingerprint density at radius 1 is 1.05 bits per heavy atom. The van der Waals surface area contributed by atoms with Gasteiger partial charge in [-0.15, -0.1) is 0 Å². The number of nitrogens with zero attached hydrogens (tertiary/aromatic N) is 1. The van der Waals surface area contributed by atoms with Gasteiger partial charge in [0.15, 0.2) is 0 Å². The van der Waals surface area contributed by atoms with Crippen molar-refractivity contribution in [2.75, 3.05) is 10.1 Å². The summed E-state index contributed by atoms with van der Waals surface area (Å²) in [6.45, 7) is 1.94. The van der Waals surface area contributed by atoms with Crippen LogP contribution in [0.3, 0.4) is 0 Å². The number of hydrogen-bond acceptors (Lipinski definition) is 5. The van der Waals surface area contributed by atoms with Crippen molar-refractivity contribution in [1.29, 1.82) is 0 Å². The second kappa shape index (κ2) is 5.27. The van der Waals surface area contributed by atoms with Crippen molar-refractivity contribution in [3.63, 3.8) is 0 Å². The zero-order chi connectivity index (χ0) is 15.7. The third-order valence-electron chi connectivity index (χ3n) is 3.20. The van der Waals surface area contributed by atoms with Gasteiger partial charge in [0.25, 0.3) is 10.0 Å². The standard InChI is InChI=1S/C15H13N3O3S/c1-10-6-8-11(9-7-10)16-17-15-14(19)12-4-2-3-5-13(12)18-22(15,20)21/h2-9,16,18H,1H3/b17-15+. The van der Waals surface area contributed by atoms with Crippen LogP contribution in [0.25, 0.3) is 0 Å². The van der Waals surface area contributed by atoms with Gasteiger partial charge in [0.2, 0.25) is 10.8 Å². The molecule has 3 rings (SSSR count). The van der Waals surface area contributed by atoms with E-state index < -0.39 is 20.9 Å². The molecule has 0 radical (unpaired) electrons. The third-order valence-corrected chi connectivity index (χ3v) is 4.48. The number of benzene rings is 2. The number of hydrazone groups is 1. The number of Topliss-reactive ketones (excluding diaryl/α,β-unsaturated/α-hetero) is 1. The topological polar surface area (TPSA) is 87.6 Å². The predicted molar refractivity (Wildman–Crippen MR) is 85.6 cm³/mol. The van der Waals surface area contributed by atoms with E-state index in [4.69, 9.17) is 0 Å². The number of carbonyl (C=O) groups excluding carboxylic acids is 1. The molecule has 0 unspecified atom stereocenters. The Hall–Kier alpha value is -2.67. The number of carbonyl (C=O) groups is 1. The highest BCUT2D eigenvalue weighted by atomic mass is 32.2. The molecule has 2 N–H and O–H groups in total. The Kier molecular flexibility index (Phi) is 3.42. The second-order valence-corrected chi connectivity index (χ2v) is 6.47. The van der Waals surface area contributed by atoms with Crippen LogP contribution in [0.5, 0.6) is 0 Å². The molecule has 0 amide bonds. The number of sulfonamides is 1. The summed E-state index contributed by atoms with van der Waals surface area (Å²) in [4.78, 5) is 12.3. The maximum Gasteiger partial charge on any atom is 0.285 e. The number of ketones is 1. The molecule has 1 aliphatic rings. The van der Waals surface area contributed by atoms with Gasteiger partial charge in [-0.3, -0.25) is 14.9 Å². The van der Waals surface area contributed by atoms with Gasteiger partial charge in [-0.1, -0.05) is 29.8 Å². The summed E-state index contributed by atoms with van der Waals surface area (Å²) in [5, 5.41) is 3.23. The number of fused-ring (bicyclic) bond motifs is 1. The molecule has 0 spiro atoms. The molecule has 2 aromatic carbocycles. The van der Waals surface area contributed by atoms with Crippen LogP contribution in [-0.2, 0) is 10.0 Å². The molecular formula is C15H13N3O3S. The molecule has 0 atom stereocenters. The lowest BCUT2D eigenvalue weighted by molar-refractivity contribution is 0.106. The minimum atomic E-state index is -3.98. The van der Waals surface area contributed by atoms with Crippen molar-refractivity contribution in [1.82, 2.24) is 0 Å². The quantitative estimate of drug-likeness (QED) is 0.833. The van der Waals surface area contributed by atoms with Crippen LogP contribution in [0.1, 0.15) is 15.9 Å². The average molecular weight is 315 g/mol. The highest BCUT2D eigenvalue weighted by molar-refractivity contribution is 8.09. The van der Waals surface area contributed by atoms with Crippen molar-refractivity contribution in [2.24, 2.45) is 5.10 Å². The van der Waals surface area contributed by atoms with Crippen molar-refractivity contribution in [3.05, 3.63) is 59.7 Å². The van der Waals surface area contributed by atoms with Crippen LogP contribution < -0.4 is 10.1 Å². The highest BCUT2D eigenvalue weighted by Gasteiger charge is 2.35. The van der Waals surface area contributed by atoms with Crippen LogP contribution in [0, 0.1) is 6.92 Å². The first-order chi connectivity index (χ1) is 10.5. The molecule has 0 bridgehead atoms. The Morgan fingerprint density at radius 2 is 1.73 bits per heavy atom. The molecule has 1 aliphatic heterocycles. The Labute approximate surface area is 127 Å². The summed E-state index contributed by atoms with van der Waals surface area (Å²) in [5.74, 6) is -0.631. The fourth-order valence-corrected chi connectivity index (χ4v) is 3.14. The maximum absolute atomic E-state index is 12.3. The van der Waals surface area contributed by atoms with Gasteiger partial charge in [0.1, 0.15) is 0 Å². The molecule has 2 aromatic rings.